The van der Waals surface area contributed by atoms with Crippen LogP contribution in [-0.2, 0) is 13.5 Å². The average molecular weight is 229 g/mol. The van der Waals surface area contributed by atoms with Crippen molar-refractivity contribution >= 4 is 5.95 Å². The van der Waals surface area contributed by atoms with E-state index in [0.29, 0.717) is 5.95 Å². The first kappa shape index (κ1) is 11.7. The minimum atomic E-state index is 0.585. The SMILES string of the molecule is Cc1ccc(Cc2nc(N)n(C)c2C)cc1C. The van der Waals surface area contributed by atoms with Gasteiger partial charge in [0.1, 0.15) is 0 Å². The Morgan fingerprint density at radius 1 is 1.18 bits per heavy atom. The standard InChI is InChI=1S/C14H19N3/c1-9-5-6-12(7-10(9)2)8-13-11(3)17(4)14(15)16-13/h5-7H,8H2,1-4H3,(H2,15,16). The van der Waals surface area contributed by atoms with Crippen LogP contribution in [0.2, 0.25) is 0 Å². The van der Waals surface area contributed by atoms with Crippen molar-refractivity contribution < 1.29 is 0 Å². The predicted molar refractivity (Wildman–Crippen MR) is 71.1 cm³/mol. The Hall–Kier alpha value is -1.77. The van der Waals surface area contributed by atoms with Crippen molar-refractivity contribution in [3.63, 3.8) is 0 Å². The molecule has 1 aromatic heterocycles. The minimum Gasteiger partial charge on any atom is -0.369 e. The maximum absolute atomic E-state index is 5.80. The zero-order valence-corrected chi connectivity index (χ0v) is 10.9. The van der Waals surface area contributed by atoms with E-state index in [0.717, 1.165) is 17.8 Å². The normalized spacial score (nSPS) is 10.8. The highest BCUT2D eigenvalue weighted by Crippen LogP contribution is 2.17. The molecule has 0 saturated heterocycles. The average Bonchev–Trinajstić information content (AvgIpc) is 2.52. The molecule has 3 heteroatoms. The van der Waals surface area contributed by atoms with Gasteiger partial charge in [-0.1, -0.05) is 18.2 Å². The molecule has 2 N–H and O–H groups in total. The lowest BCUT2D eigenvalue weighted by Crippen LogP contribution is -1.98. The molecule has 0 amide bonds. The Labute approximate surface area is 102 Å². The summed E-state index contributed by atoms with van der Waals surface area (Å²) >= 11 is 0. The van der Waals surface area contributed by atoms with Crippen LogP contribution < -0.4 is 5.73 Å². The van der Waals surface area contributed by atoms with Crippen molar-refractivity contribution in [3.05, 3.63) is 46.3 Å². The van der Waals surface area contributed by atoms with Crippen molar-refractivity contribution in [2.45, 2.75) is 27.2 Å². The van der Waals surface area contributed by atoms with Crippen LogP contribution in [-0.4, -0.2) is 9.55 Å². The fourth-order valence-corrected chi connectivity index (χ4v) is 1.93. The number of aromatic nitrogens is 2. The van der Waals surface area contributed by atoms with Crippen LogP contribution in [0.4, 0.5) is 5.95 Å². The number of nitrogen functional groups attached to an aromatic ring is 1. The van der Waals surface area contributed by atoms with E-state index in [1.54, 1.807) is 0 Å². The molecule has 2 aromatic rings. The van der Waals surface area contributed by atoms with E-state index in [4.69, 9.17) is 5.73 Å². The first-order valence-electron chi connectivity index (χ1n) is 5.83. The van der Waals surface area contributed by atoms with Crippen LogP contribution in [0, 0.1) is 20.8 Å². The zero-order chi connectivity index (χ0) is 12.6. The first-order valence-corrected chi connectivity index (χ1v) is 5.83. The molecule has 1 heterocycles. The molecule has 0 aliphatic carbocycles. The molecule has 0 atom stereocenters. The summed E-state index contributed by atoms with van der Waals surface area (Å²) < 4.78 is 1.93. The summed E-state index contributed by atoms with van der Waals surface area (Å²) in [6, 6.07) is 6.54. The number of nitrogens with two attached hydrogens (primary N) is 1. The van der Waals surface area contributed by atoms with Gasteiger partial charge in [-0.15, -0.1) is 0 Å². The lowest BCUT2D eigenvalue weighted by atomic mass is 10.0. The van der Waals surface area contributed by atoms with Crippen molar-refractivity contribution in [2.75, 3.05) is 5.73 Å². The third kappa shape index (κ3) is 2.18. The number of nitrogens with zero attached hydrogens (tertiary/aromatic N) is 2. The van der Waals surface area contributed by atoms with Crippen LogP contribution in [0.15, 0.2) is 18.2 Å². The minimum absolute atomic E-state index is 0.585. The second-order valence-corrected chi connectivity index (χ2v) is 4.66. The molecule has 1 aromatic carbocycles. The number of hydrogen-bond donors (Lipinski definition) is 1. The van der Waals surface area contributed by atoms with Crippen LogP contribution >= 0.6 is 0 Å². The topological polar surface area (TPSA) is 43.8 Å². The highest BCUT2D eigenvalue weighted by atomic mass is 15.1. The molecule has 0 radical (unpaired) electrons. The van der Waals surface area contributed by atoms with Gasteiger partial charge in [-0.3, -0.25) is 0 Å². The molecule has 0 fully saturated rings. The van der Waals surface area contributed by atoms with Gasteiger partial charge in [-0.2, -0.15) is 0 Å². The monoisotopic (exact) mass is 229 g/mol. The molecule has 2 rings (SSSR count). The van der Waals surface area contributed by atoms with E-state index < -0.39 is 0 Å². The van der Waals surface area contributed by atoms with Gasteiger partial charge in [0.05, 0.1) is 5.69 Å². The summed E-state index contributed by atoms with van der Waals surface area (Å²) in [6.45, 7) is 6.32. The van der Waals surface area contributed by atoms with Crippen molar-refractivity contribution in [1.82, 2.24) is 9.55 Å². The number of hydrogen-bond acceptors (Lipinski definition) is 2. The Bertz CT molecular complexity index is 553. The number of anilines is 1. The molecule has 90 valence electrons. The van der Waals surface area contributed by atoms with E-state index in [9.17, 15) is 0 Å². The predicted octanol–water partition coefficient (Wildman–Crippen LogP) is 2.52. The van der Waals surface area contributed by atoms with E-state index >= 15 is 0 Å². The lowest BCUT2D eigenvalue weighted by molar-refractivity contribution is 0.881. The van der Waals surface area contributed by atoms with Gasteiger partial charge >= 0.3 is 0 Å². The summed E-state index contributed by atoms with van der Waals surface area (Å²) in [4.78, 5) is 4.40. The summed E-state index contributed by atoms with van der Waals surface area (Å²) in [7, 11) is 1.95. The summed E-state index contributed by atoms with van der Waals surface area (Å²) in [5.41, 5.74) is 11.9. The Kier molecular flexibility index (Phi) is 2.92. The van der Waals surface area contributed by atoms with Gasteiger partial charge in [-0.05, 0) is 37.5 Å². The molecular weight excluding hydrogens is 210 g/mol. The highest BCUT2D eigenvalue weighted by molar-refractivity contribution is 5.35. The quantitative estimate of drug-likeness (QED) is 0.860. The smallest absolute Gasteiger partial charge is 0.200 e. The Morgan fingerprint density at radius 2 is 1.88 bits per heavy atom. The van der Waals surface area contributed by atoms with Gasteiger partial charge in [-0.25, -0.2) is 4.98 Å². The maximum atomic E-state index is 5.80. The molecular formula is C14H19N3. The Balaban J connectivity index is 2.31. The van der Waals surface area contributed by atoms with Crippen LogP contribution in [0.3, 0.4) is 0 Å². The second-order valence-electron chi connectivity index (χ2n) is 4.66. The zero-order valence-electron chi connectivity index (χ0n) is 10.9. The fraction of sp³-hybridized carbons (Fsp3) is 0.357. The van der Waals surface area contributed by atoms with Gasteiger partial charge in [0.15, 0.2) is 5.95 Å². The van der Waals surface area contributed by atoms with Crippen LogP contribution in [0.5, 0.6) is 0 Å². The van der Waals surface area contributed by atoms with Gasteiger partial charge in [0.25, 0.3) is 0 Å². The summed E-state index contributed by atoms with van der Waals surface area (Å²) in [5, 5.41) is 0. The molecule has 0 unspecified atom stereocenters. The Morgan fingerprint density at radius 3 is 2.41 bits per heavy atom. The maximum Gasteiger partial charge on any atom is 0.200 e. The third-order valence-electron chi connectivity index (χ3n) is 3.46. The van der Waals surface area contributed by atoms with Crippen molar-refractivity contribution in [1.29, 1.82) is 0 Å². The van der Waals surface area contributed by atoms with Gasteiger partial charge in [0.2, 0.25) is 0 Å². The van der Waals surface area contributed by atoms with E-state index in [2.05, 4.69) is 44.0 Å². The number of aryl methyl sites for hydroxylation is 2. The third-order valence-corrected chi connectivity index (χ3v) is 3.46. The van der Waals surface area contributed by atoms with E-state index in [-0.39, 0.29) is 0 Å². The largest absolute Gasteiger partial charge is 0.369 e. The molecule has 17 heavy (non-hydrogen) atoms. The van der Waals surface area contributed by atoms with Crippen LogP contribution in [0.1, 0.15) is 28.1 Å². The van der Waals surface area contributed by atoms with E-state index in [1.807, 2.05) is 11.6 Å². The molecule has 0 aliphatic rings. The second kappa shape index (κ2) is 4.24. The lowest BCUT2D eigenvalue weighted by Gasteiger charge is -2.04. The number of imidazole rings is 1. The summed E-state index contributed by atoms with van der Waals surface area (Å²) in [5.74, 6) is 0.585. The molecule has 0 bridgehead atoms. The molecule has 0 aliphatic heterocycles. The fourth-order valence-electron chi connectivity index (χ4n) is 1.93. The molecule has 0 saturated carbocycles. The number of benzene rings is 1. The van der Waals surface area contributed by atoms with E-state index in [1.165, 1.54) is 16.7 Å². The number of rotatable bonds is 2. The highest BCUT2D eigenvalue weighted by Gasteiger charge is 2.09. The molecule has 0 spiro atoms. The first-order chi connectivity index (χ1) is 7.99. The van der Waals surface area contributed by atoms with Crippen LogP contribution in [0.25, 0.3) is 0 Å². The molecule has 3 nitrogen and oxygen atoms in total. The van der Waals surface area contributed by atoms with Gasteiger partial charge < -0.3 is 10.3 Å². The van der Waals surface area contributed by atoms with Crippen molar-refractivity contribution in [3.8, 4) is 0 Å². The van der Waals surface area contributed by atoms with Gasteiger partial charge in [0, 0.05) is 19.2 Å². The van der Waals surface area contributed by atoms with Crippen molar-refractivity contribution in [2.24, 2.45) is 7.05 Å². The summed E-state index contributed by atoms with van der Waals surface area (Å²) in [6.07, 6.45) is 0.845.